The molecular weight excluding hydrogens is 530 g/mol. The van der Waals surface area contributed by atoms with Gasteiger partial charge in [-0.05, 0) is 25.0 Å². The van der Waals surface area contributed by atoms with E-state index >= 15 is 0 Å². The predicted molar refractivity (Wildman–Crippen MR) is 106 cm³/mol. The lowest BCUT2D eigenvalue weighted by molar-refractivity contribution is -0.289. The van der Waals surface area contributed by atoms with Crippen molar-refractivity contribution >= 4 is 40.7 Å². The van der Waals surface area contributed by atoms with Gasteiger partial charge < -0.3 is 0 Å². The highest BCUT2D eigenvalue weighted by Gasteiger charge is 2.60. The second-order valence-corrected chi connectivity index (χ2v) is 8.04. The van der Waals surface area contributed by atoms with Crippen molar-refractivity contribution in [1.29, 1.82) is 0 Å². The fourth-order valence-corrected chi connectivity index (χ4v) is 4.19. The number of halogens is 10. The molecule has 2 aromatic rings. The quantitative estimate of drug-likeness (QED) is 0.291. The molecule has 5 nitrogen and oxygen atoms in total. The van der Waals surface area contributed by atoms with E-state index in [0.717, 1.165) is 18.0 Å². The summed E-state index contributed by atoms with van der Waals surface area (Å²) < 4.78 is 94.2. The third-order valence-electron chi connectivity index (χ3n) is 4.53. The van der Waals surface area contributed by atoms with Gasteiger partial charge in [0.15, 0.2) is 0 Å². The van der Waals surface area contributed by atoms with Gasteiger partial charge in [0.25, 0.3) is 12.3 Å². The van der Waals surface area contributed by atoms with Gasteiger partial charge in [0.2, 0.25) is 0 Å². The smallest absolute Gasteiger partial charge is 0.275 e. The third kappa shape index (κ3) is 5.33. The Kier molecular flexibility index (Phi) is 8.20. The molecule has 15 heteroatoms. The summed E-state index contributed by atoms with van der Waals surface area (Å²) in [6.45, 7) is 1.31. The summed E-state index contributed by atoms with van der Waals surface area (Å²) in [5.41, 5.74) is -3.41. The first-order valence-electron chi connectivity index (χ1n) is 8.85. The van der Waals surface area contributed by atoms with Crippen molar-refractivity contribution in [3.63, 3.8) is 0 Å². The lowest BCUT2D eigenvalue weighted by Gasteiger charge is -2.28. The van der Waals surface area contributed by atoms with Crippen LogP contribution in [0.25, 0.3) is 0 Å². The summed E-state index contributed by atoms with van der Waals surface area (Å²) in [7, 11) is 2.33. The minimum atomic E-state index is -6.00. The van der Waals surface area contributed by atoms with Crippen molar-refractivity contribution in [2.45, 2.75) is 37.9 Å². The van der Waals surface area contributed by atoms with Crippen LogP contribution >= 0.6 is 34.8 Å². The van der Waals surface area contributed by atoms with Crippen molar-refractivity contribution in [2.24, 2.45) is 7.05 Å². The lowest BCUT2D eigenvalue weighted by atomic mass is 9.99. The van der Waals surface area contributed by atoms with Gasteiger partial charge in [-0.2, -0.15) is 27.1 Å². The topological polar surface area (TPSA) is 47.4 Å². The summed E-state index contributed by atoms with van der Waals surface area (Å²) in [6, 6.07) is -0.446. The van der Waals surface area contributed by atoms with Crippen LogP contribution in [0.1, 0.15) is 40.5 Å². The number of aromatic nitrogens is 2. The molecule has 1 unspecified atom stereocenters. The number of carbonyl (C=O) groups is 1. The summed E-state index contributed by atoms with van der Waals surface area (Å²) in [4.78, 5) is 17.7. The van der Waals surface area contributed by atoms with E-state index < -0.39 is 63.8 Å². The number of hydrogen-bond acceptors (Lipinski definition) is 3. The molecule has 0 N–H and O–H groups in total. The van der Waals surface area contributed by atoms with Gasteiger partial charge in [0, 0.05) is 18.3 Å². The van der Waals surface area contributed by atoms with Crippen LogP contribution in [-0.2, 0) is 24.2 Å². The van der Waals surface area contributed by atoms with Crippen LogP contribution in [-0.4, -0.2) is 40.1 Å². The maximum atomic E-state index is 14.0. The first kappa shape index (κ1) is 27.5. The van der Waals surface area contributed by atoms with Crippen molar-refractivity contribution < 1.29 is 40.4 Å². The number of nitrogens with zero attached hydrogens (tertiary/aromatic N) is 3. The molecule has 1 aromatic carbocycles. The Morgan fingerprint density at radius 2 is 1.76 bits per heavy atom. The van der Waals surface area contributed by atoms with Gasteiger partial charge in [-0.25, -0.2) is 13.8 Å². The first-order chi connectivity index (χ1) is 15.0. The molecule has 1 aromatic heterocycles. The SMILES string of the molecule is CON(C(=O)c1cn(C)nc1C(F)F)C(C)Cc1c(Cl)cc(Cl)c(C(F)(F)C(F)(F)F)c1Cl. The molecule has 0 saturated heterocycles. The van der Waals surface area contributed by atoms with Crippen LogP contribution < -0.4 is 0 Å². The highest BCUT2D eigenvalue weighted by atomic mass is 35.5. The molecule has 1 heterocycles. The summed E-state index contributed by atoms with van der Waals surface area (Å²) in [5.74, 6) is -6.46. The molecule has 0 bridgehead atoms. The number of aryl methyl sites for hydroxylation is 1. The van der Waals surface area contributed by atoms with E-state index in [1.54, 1.807) is 0 Å². The molecule has 184 valence electrons. The highest BCUT2D eigenvalue weighted by Crippen LogP contribution is 2.51. The average Bonchev–Trinajstić information content (AvgIpc) is 3.06. The van der Waals surface area contributed by atoms with Gasteiger partial charge in [0.05, 0.1) is 34.3 Å². The predicted octanol–water partition coefficient (Wildman–Crippen LogP) is 6.61. The van der Waals surface area contributed by atoms with Gasteiger partial charge in [-0.3, -0.25) is 14.3 Å². The number of hydrogen-bond donors (Lipinski definition) is 0. The van der Waals surface area contributed by atoms with E-state index in [-0.39, 0.29) is 10.6 Å². The Balaban J connectivity index is 2.48. The fraction of sp³-hybridized carbons (Fsp3) is 0.444. The maximum absolute atomic E-state index is 14.0. The van der Waals surface area contributed by atoms with Gasteiger partial charge in [-0.1, -0.05) is 34.8 Å². The standard InChI is InChI=1S/C18H15Cl3F7N3O2/c1-7(31(33-3)16(32)9-6-30(2)29-14(9)15(22)23)4-8-10(19)5-11(20)12(13(8)21)17(24,25)18(26,27)28/h5-7,15H,4H2,1-3H3. The Labute approximate surface area is 197 Å². The van der Waals surface area contributed by atoms with Crippen molar-refractivity contribution in [3.05, 3.63) is 49.7 Å². The van der Waals surface area contributed by atoms with Crippen LogP contribution in [0, 0.1) is 0 Å². The van der Waals surface area contributed by atoms with E-state index in [4.69, 9.17) is 39.6 Å². The molecule has 0 radical (unpaired) electrons. The van der Waals surface area contributed by atoms with E-state index in [9.17, 15) is 35.5 Å². The van der Waals surface area contributed by atoms with Gasteiger partial charge in [0.1, 0.15) is 5.69 Å². The number of amides is 1. The molecule has 1 amide bonds. The van der Waals surface area contributed by atoms with E-state index in [0.29, 0.717) is 11.1 Å². The van der Waals surface area contributed by atoms with Crippen LogP contribution in [0.2, 0.25) is 15.1 Å². The zero-order chi connectivity index (χ0) is 25.5. The summed E-state index contributed by atoms with van der Waals surface area (Å²) in [5, 5.41) is 1.70. The zero-order valence-corrected chi connectivity index (χ0v) is 19.2. The molecule has 33 heavy (non-hydrogen) atoms. The van der Waals surface area contributed by atoms with E-state index in [1.165, 1.54) is 14.0 Å². The molecule has 2 rings (SSSR count). The number of rotatable bonds is 7. The minimum Gasteiger partial charge on any atom is -0.275 e. The average molecular weight is 545 g/mol. The molecule has 1 atom stereocenters. The van der Waals surface area contributed by atoms with Crippen LogP contribution in [0.15, 0.2) is 12.3 Å². The van der Waals surface area contributed by atoms with E-state index in [2.05, 4.69) is 5.10 Å². The second-order valence-electron chi connectivity index (χ2n) is 6.85. The van der Waals surface area contributed by atoms with Crippen LogP contribution in [0.3, 0.4) is 0 Å². The molecular formula is C18H15Cl3F7N3O2. The molecule has 0 aliphatic carbocycles. The molecule has 0 saturated carbocycles. The first-order valence-corrected chi connectivity index (χ1v) is 9.98. The highest BCUT2D eigenvalue weighted by molar-refractivity contribution is 6.40. The maximum Gasteiger partial charge on any atom is 0.458 e. The molecule has 0 aliphatic heterocycles. The summed E-state index contributed by atoms with van der Waals surface area (Å²) >= 11 is 17.4. The molecule has 0 fully saturated rings. The summed E-state index contributed by atoms with van der Waals surface area (Å²) in [6.07, 6.45) is -8.56. The molecule has 0 aliphatic rings. The Hall–Kier alpha value is -1.76. The van der Waals surface area contributed by atoms with Gasteiger partial charge >= 0.3 is 12.1 Å². The normalized spacial score (nSPS) is 13.5. The van der Waals surface area contributed by atoms with E-state index in [1.807, 2.05) is 0 Å². The molecule has 0 spiro atoms. The number of benzene rings is 1. The minimum absolute atomic E-state index is 0.350. The van der Waals surface area contributed by atoms with Gasteiger partial charge in [-0.15, -0.1) is 0 Å². The number of carbonyl (C=O) groups excluding carboxylic acids is 1. The third-order valence-corrected chi connectivity index (χ3v) is 5.58. The second kappa shape index (κ2) is 9.85. The zero-order valence-electron chi connectivity index (χ0n) is 17.0. The Bertz CT molecular complexity index is 1040. The van der Waals surface area contributed by atoms with Crippen LogP contribution in [0.4, 0.5) is 30.7 Å². The number of alkyl halides is 7. The Morgan fingerprint density at radius 1 is 1.18 bits per heavy atom. The van der Waals surface area contributed by atoms with Crippen molar-refractivity contribution in [2.75, 3.05) is 7.11 Å². The van der Waals surface area contributed by atoms with Crippen LogP contribution in [0.5, 0.6) is 0 Å². The lowest BCUT2D eigenvalue weighted by Crippen LogP contribution is -2.39. The number of hydroxylamine groups is 2. The largest absolute Gasteiger partial charge is 0.458 e. The van der Waals surface area contributed by atoms with Crippen molar-refractivity contribution in [3.8, 4) is 0 Å². The fourth-order valence-electron chi connectivity index (χ4n) is 3.04. The monoisotopic (exact) mass is 543 g/mol. The van der Waals surface area contributed by atoms with Crippen molar-refractivity contribution in [1.82, 2.24) is 14.8 Å². The Morgan fingerprint density at radius 3 is 2.24 bits per heavy atom.